The summed E-state index contributed by atoms with van der Waals surface area (Å²) in [6.07, 6.45) is 7.12. The summed E-state index contributed by atoms with van der Waals surface area (Å²) >= 11 is 0. The molecular formula is C17H18F3N3O2S. The van der Waals surface area contributed by atoms with Crippen molar-refractivity contribution < 1.29 is 21.6 Å². The van der Waals surface area contributed by atoms with Gasteiger partial charge in [0, 0.05) is 0 Å². The molecule has 0 bridgehead atoms. The summed E-state index contributed by atoms with van der Waals surface area (Å²) < 4.78 is 62.4. The first-order chi connectivity index (χ1) is 12.1. The molecule has 1 aliphatic heterocycles. The quantitative estimate of drug-likeness (QED) is 0.767. The molecule has 2 aliphatic carbocycles. The van der Waals surface area contributed by atoms with Gasteiger partial charge in [-0.05, 0) is 37.5 Å². The minimum Gasteiger partial charge on any atom is -0.289 e. The van der Waals surface area contributed by atoms with E-state index in [0.29, 0.717) is 17.8 Å². The average Bonchev–Trinajstić information content (AvgIpc) is 3.00. The van der Waals surface area contributed by atoms with Crippen LogP contribution in [0.1, 0.15) is 19.8 Å². The standard InChI is InChI=1S/C17H18F3N3O2S/c1-11-2-4-12(5-3-11)15-10-16(17(18,19)20)22-23(15)13-6-8-14(9-7-13)26(21,24)25/h2-4,6-8,10,14,22H,5,9H2,1H3,(H2,21,24,25)/b15-12-. The summed E-state index contributed by atoms with van der Waals surface area (Å²) in [5.41, 5.74) is 4.08. The summed E-state index contributed by atoms with van der Waals surface area (Å²) in [5, 5.41) is 5.58. The van der Waals surface area contributed by atoms with E-state index in [-0.39, 0.29) is 6.42 Å². The van der Waals surface area contributed by atoms with Crippen LogP contribution < -0.4 is 10.6 Å². The first-order valence-corrected chi connectivity index (χ1v) is 9.50. The van der Waals surface area contributed by atoms with Gasteiger partial charge >= 0.3 is 6.18 Å². The van der Waals surface area contributed by atoms with E-state index in [0.717, 1.165) is 17.2 Å². The highest BCUT2D eigenvalue weighted by Gasteiger charge is 2.40. The molecule has 0 fully saturated rings. The third-order valence-electron chi connectivity index (χ3n) is 4.30. The molecular weight excluding hydrogens is 367 g/mol. The number of sulfonamides is 1. The Morgan fingerprint density at radius 1 is 1.23 bits per heavy atom. The predicted octanol–water partition coefficient (Wildman–Crippen LogP) is 2.91. The highest BCUT2D eigenvalue weighted by atomic mass is 32.2. The fourth-order valence-electron chi connectivity index (χ4n) is 2.83. The second-order valence-electron chi connectivity index (χ2n) is 6.25. The Labute approximate surface area is 149 Å². The number of hydrazine groups is 1. The van der Waals surface area contributed by atoms with Crippen LogP contribution in [0.3, 0.4) is 0 Å². The maximum absolute atomic E-state index is 13.2. The van der Waals surface area contributed by atoms with Crippen molar-refractivity contribution >= 4 is 10.0 Å². The van der Waals surface area contributed by atoms with E-state index < -0.39 is 27.1 Å². The molecule has 0 aromatic carbocycles. The van der Waals surface area contributed by atoms with Gasteiger partial charge in [-0.15, -0.1) is 0 Å². The lowest BCUT2D eigenvalue weighted by molar-refractivity contribution is -0.0991. The van der Waals surface area contributed by atoms with Crippen LogP contribution in [-0.4, -0.2) is 24.9 Å². The first-order valence-electron chi connectivity index (χ1n) is 7.89. The van der Waals surface area contributed by atoms with Gasteiger partial charge in [0.25, 0.3) is 0 Å². The van der Waals surface area contributed by atoms with Crippen molar-refractivity contribution in [2.75, 3.05) is 0 Å². The van der Waals surface area contributed by atoms with Gasteiger partial charge in [-0.1, -0.05) is 36.0 Å². The van der Waals surface area contributed by atoms with E-state index in [1.165, 1.54) is 17.2 Å². The molecule has 3 N–H and O–H groups in total. The number of nitrogens with zero attached hydrogens (tertiary/aromatic N) is 1. The lowest BCUT2D eigenvalue weighted by atomic mass is 10.0. The van der Waals surface area contributed by atoms with E-state index in [2.05, 4.69) is 5.43 Å². The number of allylic oxidation sites excluding steroid dienone is 9. The molecule has 0 saturated carbocycles. The summed E-state index contributed by atoms with van der Waals surface area (Å²) in [7, 11) is -3.74. The molecule has 0 saturated heterocycles. The highest BCUT2D eigenvalue weighted by Crippen LogP contribution is 2.35. The van der Waals surface area contributed by atoms with E-state index in [4.69, 9.17) is 5.14 Å². The number of primary sulfonamides is 1. The zero-order valence-corrected chi connectivity index (χ0v) is 14.7. The second kappa shape index (κ2) is 6.48. The van der Waals surface area contributed by atoms with Crippen molar-refractivity contribution in [1.29, 1.82) is 0 Å². The Hall–Kier alpha value is -2.26. The number of halogens is 3. The number of nitrogens with two attached hydrogens (primary N) is 1. The van der Waals surface area contributed by atoms with Gasteiger partial charge in [0.1, 0.15) is 5.70 Å². The molecule has 140 valence electrons. The third-order valence-corrected chi connectivity index (χ3v) is 5.49. The third kappa shape index (κ3) is 3.78. The van der Waals surface area contributed by atoms with Crippen LogP contribution in [0.5, 0.6) is 0 Å². The molecule has 26 heavy (non-hydrogen) atoms. The summed E-state index contributed by atoms with van der Waals surface area (Å²) in [4.78, 5) is 0. The van der Waals surface area contributed by atoms with Gasteiger partial charge in [0.15, 0.2) is 0 Å². The minimum absolute atomic E-state index is 0.0989. The molecule has 3 aliphatic rings. The molecule has 0 spiro atoms. The molecule has 9 heteroatoms. The van der Waals surface area contributed by atoms with Gasteiger partial charge in [-0.3, -0.25) is 10.4 Å². The molecule has 0 amide bonds. The largest absolute Gasteiger partial charge is 0.432 e. The van der Waals surface area contributed by atoms with Crippen molar-refractivity contribution in [1.82, 2.24) is 10.4 Å². The molecule has 1 atom stereocenters. The zero-order valence-electron chi connectivity index (χ0n) is 13.9. The minimum atomic E-state index is -4.52. The zero-order chi connectivity index (χ0) is 19.1. The molecule has 0 aromatic heterocycles. The van der Waals surface area contributed by atoms with Crippen LogP contribution in [0.15, 0.2) is 70.8 Å². The van der Waals surface area contributed by atoms with Crippen LogP contribution in [0.2, 0.25) is 0 Å². The SMILES string of the molecule is CC1=CC/C(=C2/C=C(C(F)(F)F)NN2C2=CCC(S(N)(=O)=O)C=C2)C=C1. The number of hydrogen-bond donors (Lipinski definition) is 2. The van der Waals surface area contributed by atoms with E-state index in [9.17, 15) is 21.6 Å². The van der Waals surface area contributed by atoms with E-state index >= 15 is 0 Å². The monoisotopic (exact) mass is 385 g/mol. The fraction of sp³-hybridized carbons (Fsp3) is 0.294. The van der Waals surface area contributed by atoms with Crippen molar-refractivity contribution in [2.45, 2.75) is 31.2 Å². The Morgan fingerprint density at radius 2 is 1.96 bits per heavy atom. The Bertz CT molecular complexity index is 906. The highest BCUT2D eigenvalue weighted by molar-refractivity contribution is 7.89. The van der Waals surface area contributed by atoms with Crippen molar-refractivity contribution in [3.63, 3.8) is 0 Å². The Morgan fingerprint density at radius 3 is 2.46 bits per heavy atom. The number of nitrogens with one attached hydrogen (secondary N) is 1. The molecule has 3 rings (SSSR count). The van der Waals surface area contributed by atoms with Gasteiger partial charge in [-0.2, -0.15) is 13.2 Å². The van der Waals surface area contributed by atoms with E-state index in [1.54, 1.807) is 12.2 Å². The molecule has 1 heterocycles. The topological polar surface area (TPSA) is 75.4 Å². The fourth-order valence-corrected chi connectivity index (χ4v) is 3.49. The second-order valence-corrected chi connectivity index (χ2v) is 8.03. The lowest BCUT2D eigenvalue weighted by Crippen LogP contribution is -2.36. The van der Waals surface area contributed by atoms with Crippen LogP contribution in [-0.2, 0) is 10.0 Å². The van der Waals surface area contributed by atoms with Crippen LogP contribution in [0, 0.1) is 0 Å². The number of alkyl halides is 3. The molecule has 0 aromatic rings. The normalized spacial score (nSPS) is 26.4. The van der Waals surface area contributed by atoms with Gasteiger partial charge < -0.3 is 0 Å². The van der Waals surface area contributed by atoms with E-state index in [1.807, 2.05) is 19.1 Å². The van der Waals surface area contributed by atoms with Crippen molar-refractivity contribution in [3.8, 4) is 0 Å². The number of rotatable bonds is 2. The molecule has 1 unspecified atom stereocenters. The molecule has 5 nitrogen and oxygen atoms in total. The van der Waals surface area contributed by atoms with Gasteiger partial charge in [-0.25, -0.2) is 13.6 Å². The Kier molecular flexibility index (Phi) is 4.61. The molecule has 0 radical (unpaired) electrons. The van der Waals surface area contributed by atoms with Crippen molar-refractivity contribution in [2.24, 2.45) is 5.14 Å². The van der Waals surface area contributed by atoms with Crippen molar-refractivity contribution in [3.05, 3.63) is 70.8 Å². The smallest absolute Gasteiger partial charge is 0.289 e. The Balaban J connectivity index is 1.94. The maximum Gasteiger partial charge on any atom is 0.432 e. The van der Waals surface area contributed by atoms with Gasteiger partial charge in [0.2, 0.25) is 10.0 Å². The first kappa shape index (κ1) is 18.5. The van der Waals surface area contributed by atoms with Crippen LogP contribution in [0.25, 0.3) is 0 Å². The average molecular weight is 385 g/mol. The van der Waals surface area contributed by atoms with Crippen LogP contribution >= 0.6 is 0 Å². The summed E-state index contributed by atoms with van der Waals surface area (Å²) in [5.74, 6) is 0. The number of hydrogen-bond acceptors (Lipinski definition) is 4. The lowest BCUT2D eigenvalue weighted by Gasteiger charge is -2.27. The summed E-state index contributed by atoms with van der Waals surface area (Å²) in [6.45, 7) is 1.92. The van der Waals surface area contributed by atoms with Gasteiger partial charge in [0.05, 0.1) is 16.6 Å². The predicted molar refractivity (Wildman–Crippen MR) is 92.4 cm³/mol. The summed E-state index contributed by atoms with van der Waals surface area (Å²) in [6, 6.07) is 0. The van der Waals surface area contributed by atoms with Crippen LogP contribution in [0.4, 0.5) is 13.2 Å². The maximum atomic E-state index is 13.2.